The molecule has 0 bridgehead atoms. The number of allylic oxidation sites excluding steroid dienone is 1. The molecule has 1 atom stereocenters. The van der Waals surface area contributed by atoms with E-state index in [2.05, 4.69) is 0 Å². The highest BCUT2D eigenvalue weighted by Gasteiger charge is 2.20. The molecule has 0 fully saturated rings. The minimum atomic E-state index is -1.01. The summed E-state index contributed by atoms with van der Waals surface area (Å²) in [6, 6.07) is 0. The summed E-state index contributed by atoms with van der Waals surface area (Å²) < 4.78 is 0. The highest BCUT2D eigenvalue weighted by Crippen LogP contribution is 2.20. The summed E-state index contributed by atoms with van der Waals surface area (Å²) in [5.74, 6) is -2.36. The second-order valence-electron chi connectivity index (χ2n) is 3.08. The van der Waals surface area contributed by atoms with Gasteiger partial charge in [0.05, 0.1) is 6.42 Å². The number of carboxylic acids is 2. The van der Waals surface area contributed by atoms with Gasteiger partial charge in [0, 0.05) is 11.5 Å². The van der Waals surface area contributed by atoms with Crippen molar-refractivity contribution in [2.75, 3.05) is 0 Å². The average Bonchev–Trinajstić information content (AvgIpc) is 2.10. The van der Waals surface area contributed by atoms with Gasteiger partial charge in [-0.25, -0.2) is 4.79 Å². The third kappa shape index (κ3) is 4.07. The molecule has 0 aromatic rings. The zero-order valence-corrected chi connectivity index (χ0v) is 8.49. The van der Waals surface area contributed by atoms with Gasteiger partial charge in [-0.15, -0.1) is 0 Å². The van der Waals surface area contributed by atoms with Crippen molar-refractivity contribution < 1.29 is 19.8 Å². The summed E-state index contributed by atoms with van der Waals surface area (Å²) in [6.07, 6.45) is 2.61. The summed E-state index contributed by atoms with van der Waals surface area (Å²) >= 11 is 0. The highest BCUT2D eigenvalue weighted by atomic mass is 16.4. The van der Waals surface area contributed by atoms with E-state index in [0.717, 1.165) is 0 Å². The minimum absolute atomic E-state index is 0.116. The molecule has 14 heavy (non-hydrogen) atoms. The summed E-state index contributed by atoms with van der Waals surface area (Å²) in [7, 11) is 0. The van der Waals surface area contributed by atoms with Gasteiger partial charge in [-0.3, -0.25) is 4.79 Å². The van der Waals surface area contributed by atoms with Crippen LogP contribution in [-0.4, -0.2) is 22.2 Å². The van der Waals surface area contributed by atoms with Gasteiger partial charge in [-0.2, -0.15) is 0 Å². The molecule has 0 aliphatic rings. The van der Waals surface area contributed by atoms with E-state index in [1.807, 2.05) is 6.92 Å². The van der Waals surface area contributed by atoms with Crippen LogP contribution in [0.3, 0.4) is 0 Å². The molecule has 0 spiro atoms. The summed E-state index contributed by atoms with van der Waals surface area (Å²) in [4.78, 5) is 21.3. The standard InChI is InChI=1S/C10H16O4/c1-3-5-8(10(13)14)7(4-2)6-9(11)12/h5,7H,3-4,6H2,1-2H3,(H,11,12)(H,13,14)/b8-5+. The molecule has 0 aliphatic heterocycles. The molecule has 0 heterocycles. The van der Waals surface area contributed by atoms with E-state index >= 15 is 0 Å². The Kier molecular flexibility index (Phi) is 5.60. The first-order valence-electron chi connectivity index (χ1n) is 4.68. The third-order valence-corrected chi connectivity index (χ3v) is 2.02. The van der Waals surface area contributed by atoms with Crippen molar-refractivity contribution in [2.24, 2.45) is 5.92 Å². The Morgan fingerprint density at radius 2 is 1.86 bits per heavy atom. The van der Waals surface area contributed by atoms with E-state index in [1.165, 1.54) is 0 Å². The molecule has 0 radical (unpaired) electrons. The van der Waals surface area contributed by atoms with Crippen molar-refractivity contribution in [3.8, 4) is 0 Å². The number of hydrogen-bond donors (Lipinski definition) is 2. The second-order valence-corrected chi connectivity index (χ2v) is 3.08. The van der Waals surface area contributed by atoms with E-state index in [4.69, 9.17) is 10.2 Å². The first kappa shape index (κ1) is 12.7. The maximum Gasteiger partial charge on any atom is 0.331 e. The van der Waals surface area contributed by atoms with Crippen LogP contribution in [0.2, 0.25) is 0 Å². The third-order valence-electron chi connectivity index (χ3n) is 2.02. The fraction of sp³-hybridized carbons (Fsp3) is 0.600. The van der Waals surface area contributed by atoms with E-state index in [-0.39, 0.29) is 17.9 Å². The molecule has 0 rings (SSSR count). The molecule has 0 aromatic heterocycles. The largest absolute Gasteiger partial charge is 0.481 e. The second kappa shape index (κ2) is 6.18. The summed E-state index contributed by atoms with van der Waals surface area (Å²) in [5, 5.41) is 17.5. The molecule has 0 saturated heterocycles. The lowest BCUT2D eigenvalue weighted by Gasteiger charge is -2.12. The monoisotopic (exact) mass is 200 g/mol. The van der Waals surface area contributed by atoms with Crippen LogP contribution < -0.4 is 0 Å². The van der Waals surface area contributed by atoms with Gasteiger partial charge in [0.2, 0.25) is 0 Å². The Morgan fingerprint density at radius 1 is 1.29 bits per heavy atom. The van der Waals surface area contributed by atoms with Crippen LogP contribution in [0.5, 0.6) is 0 Å². The molecule has 80 valence electrons. The van der Waals surface area contributed by atoms with Gasteiger partial charge in [0.15, 0.2) is 0 Å². The highest BCUT2D eigenvalue weighted by molar-refractivity contribution is 5.88. The van der Waals surface area contributed by atoms with Crippen LogP contribution in [-0.2, 0) is 9.59 Å². The number of hydrogen-bond acceptors (Lipinski definition) is 2. The summed E-state index contributed by atoms with van der Waals surface area (Å²) in [5.41, 5.74) is 0.220. The molecular weight excluding hydrogens is 184 g/mol. The molecule has 4 heteroatoms. The van der Waals surface area contributed by atoms with E-state index in [1.54, 1.807) is 13.0 Å². The van der Waals surface area contributed by atoms with Crippen LogP contribution in [0.1, 0.15) is 33.1 Å². The Morgan fingerprint density at radius 3 is 2.14 bits per heavy atom. The van der Waals surface area contributed by atoms with E-state index in [9.17, 15) is 9.59 Å². The maximum atomic E-state index is 10.8. The van der Waals surface area contributed by atoms with Gasteiger partial charge in [-0.1, -0.05) is 19.9 Å². The van der Waals surface area contributed by atoms with E-state index < -0.39 is 11.9 Å². The SMILES string of the molecule is CC/C=C(/C(=O)O)C(CC)CC(=O)O. The number of carbonyl (C=O) groups is 2. The smallest absolute Gasteiger partial charge is 0.331 e. The van der Waals surface area contributed by atoms with Gasteiger partial charge < -0.3 is 10.2 Å². The molecule has 4 nitrogen and oxygen atoms in total. The number of aliphatic carboxylic acids is 2. The zero-order valence-electron chi connectivity index (χ0n) is 8.49. The Balaban J connectivity index is 4.67. The number of rotatable bonds is 6. The lowest BCUT2D eigenvalue weighted by Crippen LogP contribution is -2.15. The van der Waals surface area contributed by atoms with Crippen LogP contribution >= 0.6 is 0 Å². The van der Waals surface area contributed by atoms with Crippen molar-refractivity contribution >= 4 is 11.9 Å². The van der Waals surface area contributed by atoms with Crippen LogP contribution in [0.4, 0.5) is 0 Å². The predicted molar refractivity (Wildman–Crippen MR) is 52.0 cm³/mol. The van der Waals surface area contributed by atoms with Gasteiger partial charge >= 0.3 is 11.9 Å². The number of carboxylic acid groups (broad SMARTS) is 2. The lowest BCUT2D eigenvalue weighted by molar-refractivity contribution is -0.138. The molecule has 0 saturated carbocycles. The summed E-state index contributed by atoms with van der Waals surface area (Å²) in [6.45, 7) is 3.62. The molecule has 0 aliphatic carbocycles. The Labute approximate surface area is 83.2 Å². The zero-order chi connectivity index (χ0) is 11.1. The Bertz CT molecular complexity index is 243. The van der Waals surface area contributed by atoms with Crippen molar-refractivity contribution in [1.82, 2.24) is 0 Å². The fourth-order valence-corrected chi connectivity index (χ4v) is 1.33. The topological polar surface area (TPSA) is 74.6 Å². The molecular formula is C10H16O4. The molecule has 0 amide bonds. The van der Waals surface area contributed by atoms with Crippen molar-refractivity contribution in [2.45, 2.75) is 33.1 Å². The lowest BCUT2D eigenvalue weighted by atomic mass is 9.92. The van der Waals surface area contributed by atoms with E-state index in [0.29, 0.717) is 12.8 Å². The Hall–Kier alpha value is -1.32. The quantitative estimate of drug-likeness (QED) is 0.642. The molecule has 1 unspecified atom stereocenters. The van der Waals surface area contributed by atoms with Crippen LogP contribution in [0, 0.1) is 5.92 Å². The minimum Gasteiger partial charge on any atom is -0.481 e. The first-order chi connectivity index (χ1) is 6.52. The predicted octanol–water partition coefficient (Wildman–Crippen LogP) is 1.91. The van der Waals surface area contributed by atoms with Gasteiger partial charge in [0.1, 0.15) is 0 Å². The normalized spacial score (nSPS) is 13.7. The van der Waals surface area contributed by atoms with Crippen LogP contribution in [0.25, 0.3) is 0 Å². The molecule has 0 aromatic carbocycles. The van der Waals surface area contributed by atoms with Crippen molar-refractivity contribution in [3.05, 3.63) is 11.6 Å². The van der Waals surface area contributed by atoms with Gasteiger partial charge in [0.25, 0.3) is 0 Å². The van der Waals surface area contributed by atoms with Crippen molar-refractivity contribution in [1.29, 1.82) is 0 Å². The maximum absolute atomic E-state index is 10.8. The average molecular weight is 200 g/mol. The first-order valence-corrected chi connectivity index (χ1v) is 4.68. The van der Waals surface area contributed by atoms with Crippen LogP contribution in [0.15, 0.2) is 11.6 Å². The molecule has 2 N–H and O–H groups in total. The van der Waals surface area contributed by atoms with Gasteiger partial charge in [-0.05, 0) is 12.8 Å². The fourth-order valence-electron chi connectivity index (χ4n) is 1.33. The van der Waals surface area contributed by atoms with Crippen molar-refractivity contribution in [3.63, 3.8) is 0 Å².